The summed E-state index contributed by atoms with van der Waals surface area (Å²) in [4.78, 5) is 19.7. The second kappa shape index (κ2) is 6.76. The van der Waals surface area contributed by atoms with Crippen LogP contribution in [0, 0.1) is 5.92 Å². The van der Waals surface area contributed by atoms with E-state index in [2.05, 4.69) is 17.2 Å². The minimum Gasteiger partial charge on any atom is -0.331 e. The summed E-state index contributed by atoms with van der Waals surface area (Å²) in [5.74, 6) is 0.519. The number of nitrogens with zero attached hydrogens (tertiary/aromatic N) is 2. The molecule has 1 N–H and O–H groups in total. The van der Waals surface area contributed by atoms with Crippen molar-refractivity contribution in [3.8, 4) is 0 Å². The first-order chi connectivity index (χ1) is 11.0. The Morgan fingerprint density at radius 1 is 1.48 bits per heavy atom. The summed E-state index contributed by atoms with van der Waals surface area (Å²) in [6.45, 7) is 2.78. The third kappa shape index (κ3) is 3.85. The van der Waals surface area contributed by atoms with Crippen LogP contribution in [0.15, 0.2) is 6.20 Å². The lowest BCUT2D eigenvalue weighted by Gasteiger charge is -2.43. The normalized spacial score (nSPS) is 24.2. The molecule has 3 rings (SSSR count). The van der Waals surface area contributed by atoms with Gasteiger partial charge in [-0.2, -0.15) is 0 Å². The molecule has 0 radical (unpaired) electrons. The monoisotopic (exact) mass is 357 g/mol. The first-order valence-corrected chi connectivity index (χ1v) is 10.8. The molecule has 1 aliphatic heterocycles. The molecule has 0 spiro atoms. The van der Waals surface area contributed by atoms with Crippen LogP contribution >= 0.6 is 11.3 Å². The van der Waals surface area contributed by atoms with E-state index in [0.29, 0.717) is 19.0 Å². The van der Waals surface area contributed by atoms with Crippen molar-refractivity contribution in [1.29, 1.82) is 0 Å². The molecule has 1 aromatic heterocycles. The standard InChI is InChI=1S/C15H23N3O3S2/c1-2-12-8-16-14(22-12)9-17-15(19)18-6-7-23(20,21)10-13(18)11-4-3-5-11/h8,11,13H,2-7,9-10H2,1H3,(H,17,19). The van der Waals surface area contributed by atoms with Crippen LogP contribution in [-0.4, -0.2) is 48.4 Å². The predicted molar refractivity (Wildman–Crippen MR) is 90.2 cm³/mol. The van der Waals surface area contributed by atoms with Gasteiger partial charge in [0.25, 0.3) is 0 Å². The molecule has 2 heterocycles. The summed E-state index contributed by atoms with van der Waals surface area (Å²) in [7, 11) is -3.02. The minimum atomic E-state index is -3.02. The Morgan fingerprint density at radius 2 is 2.26 bits per heavy atom. The van der Waals surface area contributed by atoms with E-state index in [0.717, 1.165) is 30.7 Å². The summed E-state index contributed by atoms with van der Waals surface area (Å²) in [5, 5.41) is 3.80. The Labute approximate surface area is 141 Å². The fourth-order valence-corrected chi connectivity index (χ4v) is 5.57. The van der Waals surface area contributed by atoms with E-state index in [1.165, 1.54) is 4.88 Å². The molecule has 128 valence electrons. The molecule has 1 saturated heterocycles. The van der Waals surface area contributed by atoms with Crippen LogP contribution in [0.25, 0.3) is 0 Å². The number of nitrogens with one attached hydrogen (secondary N) is 1. The SMILES string of the molecule is CCc1cnc(CNC(=O)N2CCS(=O)(=O)CC2C2CCC2)s1. The number of sulfone groups is 1. The second-order valence-electron chi connectivity index (χ2n) is 6.30. The lowest BCUT2D eigenvalue weighted by molar-refractivity contribution is 0.123. The highest BCUT2D eigenvalue weighted by molar-refractivity contribution is 7.91. The smallest absolute Gasteiger partial charge is 0.318 e. The quantitative estimate of drug-likeness (QED) is 0.891. The van der Waals surface area contributed by atoms with E-state index in [1.54, 1.807) is 16.2 Å². The zero-order valence-electron chi connectivity index (χ0n) is 13.3. The fraction of sp³-hybridized carbons (Fsp3) is 0.733. The van der Waals surface area contributed by atoms with E-state index in [1.807, 2.05) is 6.20 Å². The van der Waals surface area contributed by atoms with Crippen molar-refractivity contribution in [2.45, 2.75) is 45.2 Å². The van der Waals surface area contributed by atoms with Crippen molar-refractivity contribution in [3.63, 3.8) is 0 Å². The van der Waals surface area contributed by atoms with E-state index in [-0.39, 0.29) is 23.6 Å². The lowest BCUT2D eigenvalue weighted by atomic mass is 9.79. The highest BCUT2D eigenvalue weighted by Gasteiger charge is 2.40. The van der Waals surface area contributed by atoms with E-state index in [9.17, 15) is 13.2 Å². The largest absolute Gasteiger partial charge is 0.331 e. The van der Waals surface area contributed by atoms with Crippen LogP contribution in [0.1, 0.15) is 36.1 Å². The number of aromatic nitrogens is 1. The second-order valence-corrected chi connectivity index (χ2v) is 9.73. The minimum absolute atomic E-state index is 0.0703. The third-order valence-electron chi connectivity index (χ3n) is 4.76. The Balaban J connectivity index is 1.62. The number of aryl methyl sites for hydroxylation is 1. The fourth-order valence-electron chi connectivity index (χ4n) is 3.15. The summed E-state index contributed by atoms with van der Waals surface area (Å²) in [6, 6.07) is -0.324. The van der Waals surface area contributed by atoms with E-state index < -0.39 is 9.84 Å². The van der Waals surface area contributed by atoms with Crippen molar-refractivity contribution >= 4 is 27.2 Å². The molecule has 1 saturated carbocycles. The maximum atomic E-state index is 12.5. The van der Waals surface area contributed by atoms with Gasteiger partial charge in [-0.15, -0.1) is 11.3 Å². The Hall–Kier alpha value is -1.15. The Bertz CT molecular complexity index is 667. The zero-order chi connectivity index (χ0) is 16.4. The predicted octanol–water partition coefficient (Wildman–Crippen LogP) is 1.81. The van der Waals surface area contributed by atoms with Crippen molar-refractivity contribution in [1.82, 2.24) is 15.2 Å². The van der Waals surface area contributed by atoms with Gasteiger partial charge in [-0.3, -0.25) is 0 Å². The number of amides is 2. The van der Waals surface area contributed by atoms with Gasteiger partial charge >= 0.3 is 6.03 Å². The van der Waals surface area contributed by atoms with Gasteiger partial charge in [0.15, 0.2) is 9.84 Å². The molecular weight excluding hydrogens is 334 g/mol. The van der Waals surface area contributed by atoms with Crippen molar-refractivity contribution in [2.75, 3.05) is 18.1 Å². The number of hydrogen-bond acceptors (Lipinski definition) is 5. The summed E-state index contributed by atoms with van der Waals surface area (Å²) >= 11 is 1.60. The molecule has 2 amide bonds. The van der Waals surface area contributed by atoms with Crippen molar-refractivity contribution in [2.24, 2.45) is 5.92 Å². The Kier molecular flexibility index (Phi) is 4.91. The summed E-state index contributed by atoms with van der Waals surface area (Å²) in [5.41, 5.74) is 0. The van der Waals surface area contributed by atoms with Crippen LogP contribution in [0.5, 0.6) is 0 Å². The van der Waals surface area contributed by atoms with Gasteiger partial charge < -0.3 is 10.2 Å². The van der Waals surface area contributed by atoms with Gasteiger partial charge in [0.2, 0.25) is 0 Å². The molecule has 8 heteroatoms. The topological polar surface area (TPSA) is 79.4 Å². The highest BCUT2D eigenvalue weighted by atomic mass is 32.2. The maximum absolute atomic E-state index is 12.5. The van der Waals surface area contributed by atoms with Gasteiger partial charge in [0.1, 0.15) is 5.01 Å². The molecule has 6 nitrogen and oxygen atoms in total. The van der Waals surface area contributed by atoms with Crippen LogP contribution in [0.4, 0.5) is 4.79 Å². The molecule has 2 fully saturated rings. The van der Waals surface area contributed by atoms with Crippen LogP contribution in [0.3, 0.4) is 0 Å². The summed E-state index contributed by atoms with van der Waals surface area (Å²) < 4.78 is 23.8. The van der Waals surface area contributed by atoms with Gasteiger partial charge in [0, 0.05) is 17.6 Å². The number of thiazole rings is 1. The van der Waals surface area contributed by atoms with Gasteiger partial charge in [-0.05, 0) is 25.2 Å². The molecule has 0 aromatic carbocycles. The zero-order valence-corrected chi connectivity index (χ0v) is 15.0. The lowest BCUT2D eigenvalue weighted by Crippen LogP contribution is -2.57. The number of carbonyl (C=O) groups is 1. The third-order valence-corrected chi connectivity index (χ3v) is 7.56. The van der Waals surface area contributed by atoms with Gasteiger partial charge in [0.05, 0.1) is 24.1 Å². The number of carbonyl (C=O) groups excluding carboxylic acids is 1. The molecule has 1 aromatic rings. The number of rotatable bonds is 4. The van der Waals surface area contributed by atoms with E-state index in [4.69, 9.17) is 0 Å². The van der Waals surface area contributed by atoms with Crippen LogP contribution in [-0.2, 0) is 22.8 Å². The average molecular weight is 358 g/mol. The summed E-state index contributed by atoms with van der Waals surface area (Å²) in [6.07, 6.45) is 5.97. The number of urea groups is 1. The molecule has 1 unspecified atom stereocenters. The van der Waals surface area contributed by atoms with Crippen molar-refractivity contribution < 1.29 is 13.2 Å². The maximum Gasteiger partial charge on any atom is 0.318 e. The van der Waals surface area contributed by atoms with Crippen LogP contribution < -0.4 is 5.32 Å². The Morgan fingerprint density at radius 3 is 2.87 bits per heavy atom. The first-order valence-electron chi connectivity index (χ1n) is 8.17. The van der Waals surface area contributed by atoms with E-state index >= 15 is 0 Å². The molecule has 2 aliphatic rings. The van der Waals surface area contributed by atoms with Crippen molar-refractivity contribution in [3.05, 3.63) is 16.1 Å². The molecular formula is C15H23N3O3S2. The molecule has 1 atom stereocenters. The molecule has 23 heavy (non-hydrogen) atoms. The van der Waals surface area contributed by atoms with Gasteiger partial charge in [-0.1, -0.05) is 13.3 Å². The average Bonchev–Trinajstić information content (AvgIpc) is 2.90. The first kappa shape index (κ1) is 16.7. The number of hydrogen-bond donors (Lipinski definition) is 1. The molecule has 1 aliphatic carbocycles. The highest BCUT2D eigenvalue weighted by Crippen LogP contribution is 2.34. The van der Waals surface area contributed by atoms with Gasteiger partial charge in [-0.25, -0.2) is 18.2 Å². The molecule has 0 bridgehead atoms. The van der Waals surface area contributed by atoms with Crippen LogP contribution in [0.2, 0.25) is 0 Å².